The lowest BCUT2D eigenvalue weighted by atomic mass is 16.0. The van der Waals surface area contributed by atoms with Crippen molar-refractivity contribution >= 4 is 0 Å². The van der Waals surface area contributed by atoms with E-state index in [4.69, 9.17) is 0 Å². The fourth-order valence-corrected chi connectivity index (χ4v) is 0. The van der Waals surface area contributed by atoms with E-state index in [0.29, 0.717) is 0 Å². The van der Waals surface area contributed by atoms with E-state index < -0.39 is 0 Å². The average Bonchev–Trinajstić information content (AvgIpc) is 0. The van der Waals surface area contributed by atoms with Crippen molar-refractivity contribution in [1.29, 1.82) is 0 Å². The quantitative estimate of drug-likeness (QED) is 0.397. The van der Waals surface area contributed by atoms with Gasteiger partial charge < -0.3 is 16.4 Å². The molecule has 3 nitrogen and oxygen atoms in total. The van der Waals surface area contributed by atoms with E-state index in [-0.39, 0.29) is 44.7 Å². The molecule has 0 saturated heterocycles. The molecule has 0 bridgehead atoms. The second kappa shape index (κ2) is 1070. The SMILES string of the molecule is F.F.F.F.F.F.O.O.O. The molecular weight excluding hydrogens is 162 g/mol. The predicted molar refractivity (Wildman–Crippen MR) is 25.9 cm³/mol. The molecule has 0 aromatic heterocycles. The smallest absolute Gasteiger partial charge is 0.269 e. The third kappa shape index (κ3) is 763. The van der Waals surface area contributed by atoms with Crippen molar-refractivity contribution in [3.63, 3.8) is 0 Å². The number of hydrogen-bond acceptors (Lipinski definition) is 0. The summed E-state index contributed by atoms with van der Waals surface area (Å²) in [6, 6.07) is 0. The van der Waals surface area contributed by atoms with Crippen LogP contribution in [0, 0.1) is 0 Å². The van der Waals surface area contributed by atoms with Crippen molar-refractivity contribution in [1.82, 2.24) is 0 Å². The molecule has 0 radical (unpaired) electrons. The van der Waals surface area contributed by atoms with E-state index in [1.807, 2.05) is 0 Å². The van der Waals surface area contributed by atoms with Gasteiger partial charge in [-0.15, -0.1) is 0 Å². The Morgan fingerprint density at radius 3 is 0.222 bits per heavy atom. The van der Waals surface area contributed by atoms with Crippen molar-refractivity contribution in [2.45, 2.75) is 0 Å². The van der Waals surface area contributed by atoms with Gasteiger partial charge in [0.05, 0.1) is 0 Å². The lowest BCUT2D eigenvalue weighted by Crippen LogP contribution is -0.290. The lowest BCUT2D eigenvalue weighted by Gasteiger charge is -0.413. The highest BCUT2D eigenvalue weighted by Crippen LogP contribution is 0.425. The summed E-state index contributed by atoms with van der Waals surface area (Å²) in [4.78, 5) is 0. The molecule has 0 unspecified atom stereocenters. The Kier molecular flexibility index (Phi) is 192000. The van der Waals surface area contributed by atoms with Crippen molar-refractivity contribution in [3.8, 4) is 0 Å². The summed E-state index contributed by atoms with van der Waals surface area (Å²) in [6.45, 7) is 0. The van der Waals surface area contributed by atoms with E-state index in [9.17, 15) is 0 Å². The third-order valence-corrected chi connectivity index (χ3v) is 0. The first kappa shape index (κ1) is 1610. The highest BCUT2D eigenvalue weighted by atomic mass is 19.0. The van der Waals surface area contributed by atoms with Crippen LogP contribution in [0.2, 0.25) is 0 Å². The topological polar surface area (TPSA) is 94.5 Å². The van der Waals surface area contributed by atoms with E-state index in [0.717, 1.165) is 0 Å². The molecule has 0 aliphatic rings. The Morgan fingerprint density at radius 2 is 0.222 bits per heavy atom. The van der Waals surface area contributed by atoms with Crippen LogP contribution < -0.4 is 0 Å². The van der Waals surface area contributed by atoms with E-state index in [2.05, 4.69) is 0 Å². The minimum Gasteiger partial charge on any atom is -0.412 e. The molecule has 6 N–H and O–H groups in total. The van der Waals surface area contributed by atoms with Gasteiger partial charge in [0, 0.05) is 0 Å². The summed E-state index contributed by atoms with van der Waals surface area (Å²) in [5.74, 6) is 0. The van der Waals surface area contributed by atoms with Gasteiger partial charge in [-0.1, -0.05) is 0 Å². The third-order valence-electron chi connectivity index (χ3n) is 0. The van der Waals surface area contributed by atoms with Crippen LogP contribution in [0.4, 0.5) is 28.2 Å². The fraction of sp³-hybridized carbons (Fsp3) is 0. The molecule has 0 aliphatic heterocycles. The van der Waals surface area contributed by atoms with E-state index in [1.165, 1.54) is 0 Å². The largest absolute Gasteiger partial charge is 0.412 e. The monoisotopic (exact) mass is 174 g/mol. The molecule has 72 valence electrons. The Hall–Kier alpha value is -0.540. The maximum absolute atomic E-state index is 0. The second-order valence-corrected chi connectivity index (χ2v) is 0. The Bertz CT molecular complexity index is 8.26. The second-order valence-electron chi connectivity index (χ2n) is 0. The van der Waals surface area contributed by atoms with Crippen LogP contribution in [-0.4, -0.2) is 16.4 Å². The zero-order valence-corrected chi connectivity index (χ0v) is 3.95. The minimum absolute atomic E-state index is 0. The summed E-state index contributed by atoms with van der Waals surface area (Å²) in [6.07, 6.45) is 0. The van der Waals surface area contributed by atoms with Gasteiger partial charge in [-0.2, -0.15) is 0 Å². The van der Waals surface area contributed by atoms with Crippen LogP contribution in [0.1, 0.15) is 0 Å². The van der Waals surface area contributed by atoms with Gasteiger partial charge in [0.25, 0.3) is 0 Å². The lowest BCUT2D eigenvalue weighted by molar-refractivity contribution is 0.823. The summed E-state index contributed by atoms with van der Waals surface area (Å²) in [5, 5.41) is 0. The van der Waals surface area contributed by atoms with Crippen LogP contribution in [0.15, 0.2) is 0 Å². The van der Waals surface area contributed by atoms with Crippen molar-refractivity contribution in [2.75, 3.05) is 0 Å². The van der Waals surface area contributed by atoms with Gasteiger partial charge in [0.2, 0.25) is 0 Å². The van der Waals surface area contributed by atoms with Crippen LogP contribution in [0.25, 0.3) is 0 Å². The zero-order valence-electron chi connectivity index (χ0n) is 3.95. The summed E-state index contributed by atoms with van der Waals surface area (Å²) in [7, 11) is 0. The van der Waals surface area contributed by atoms with Crippen LogP contribution in [-0.2, 0) is 0 Å². The molecule has 0 amide bonds. The number of hydrogen-bond donors (Lipinski definition) is 0. The number of rotatable bonds is 0. The first-order valence-electron chi connectivity index (χ1n) is 0. The van der Waals surface area contributed by atoms with Gasteiger partial charge in [-0.3, -0.25) is 28.2 Å². The van der Waals surface area contributed by atoms with Crippen molar-refractivity contribution in [3.05, 3.63) is 0 Å². The fourth-order valence-electron chi connectivity index (χ4n) is 0. The first-order valence-corrected chi connectivity index (χ1v) is 0. The van der Waals surface area contributed by atoms with Gasteiger partial charge in [-0.25, -0.2) is 0 Å². The predicted octanol–water partition coefficient (Wildman–Crippen LogP) is -1.56. The van der Waals surface area contributed by atoms with Crippen LogP contribution in [0.5, 0.6) is 0 Å². The van der Waals surface area contributed by atoms with Crippen molar-refractivity contribution < 1.29 is 44.7 Å². The Morgan fingerprint density at radius 1 is 0.222 bits per heavy atom. The standard InChI is InChI=1S/6FH.3H2O/h6*1H;3*1H2. The molecule has 9 heteroatoms. The maximum atomic E-state index is 0. The molecule has 0 saturated carbocycles. The molecule has 0 aliphatic carbocycles. The molecule has 0 atom stereocenters. The molecule has 0 heterocycles. The average molecular weight is 174 g/mol. The highest BCUT2D eigenvalue weighted by molar-refractivity contribution is 1.11. The molecule has 0 aromatic rings. The Balaban J connectivity index is 0. The normalized spacial score (nSPS) is 0. The molecule has 9 heavy (non-hydrogen) atoms. The van der Waals surface area contributed by atoms with Crippen LogP contribution in [0.3, 0.4) is 0 Å². The Labute approximate surface area is 46.2 Å². The zero-order chi connectivity index (χ0) is 0. The summed E-state index contributed by atoms with van der Waals surface area (Å²) in [5.41, 5.74) is 0. The van der Waals surface area contributed by atoms with Gasteiger partial charge in [-0.05, 0) is 0 Å². The number of halogens is 6. The molecule has 0 rings (SSSR count). The summed E-state index contributed by atoms with van der Waals surface area (Å²) < 4.78 is 0. The van der Waals surface area contributed by atoms with Crippen molar-refractivity contribution in [2.24, 2.45) is 0 Å². The minimum atomic E-state index is 0. The molecule has 0 spiro atoms. The van der Waals surface area contributed by atoms with Crippen LogP contribution >= 0.6 is 0 Å². The first-order chi connectivity index (χ1) is 0. The van der Waals surface area contributed by atoms with Gasteiger partial charge in [0.15, 0.2) is 0 Å². The van der Waals surface area contributed by atoms with E-state index in [1.54, 1.807) is 0 Å². The molecular formula is H12F6O3. The highest BCUT2D eigenvalue weighted by Gasteiger charge is -0.264. The van der Waals surface area contributed by atoms with Gasteiger partial charge >= 0.3 is 0 Å². The molecule has 0 fully saturated rings. The maximum Gasteiger partial charge on any atom is -0.269 e. The molecule has 0 aromatic carbocycles. The van der Waals surface area contributed by atoms with E-state index >= 15 is 0 Å². The van der Waals surface area contributed by atoms with Gasteiger partial charge in [0.1, 0.15) is 0 Å². The summed E-state index contributed by atoms with van der Waals surface area (Å²) >= 11 is 0.